The van der Waals surface area contributed by atoms with Gasteiger partial charge in [-0.25, -0.2) is 8.78 Å². The third kappa shape index (κ3) is 4.76. The van der Waals surface area contributed by atoms with Gasteiger partial charge in [-0.3, -0.25) is 9.69 Å². The number of aliphatic hydroxyl groups is 1. The van der Waals surface area contributed by atoms with Gasteiger partial charge in [0.2, 0.25) is 0 Å². The number of likely N-dealkylation sites (tertiary alicyclic amines) is 1. The zero-order valence-corrected chi connectivity index (χ0v) is 20.7. The highest BCUT2D eigenvalue weighted by molar-refractivity contribution is 6.31. The minimum absolute atomic E-state index is 0.0126. The van der Waals surface area contributed by atoms with Gasteiger partial charge in [-0.05, 0) is 80.8 Å². The molecule has 1 amide bonds. The summed E-state index contributed by atoms with van der Waals surface area (Å²) in [4.78, 5) is 15.1. The molecular formula is C26H28Cl2F2N2O3. The van der Waals surface area contributed by atoms with Crippen LogP contribution in [-0.2, 0) is 4.79 Å². The van der Waals surface area contributed by atoms with E-state index in [1.165, 1.54) is 18.2 Å². The molecule has 2 aromatic rings. The van der Waals surface area contributed by atoms with E-state index in [2.05, 4.69) is 10.2 Å². The highest BCUT2D eigenvalue weighted by Crippen LogP contribution is 2.51. The predicted octanol–water partition coefficient (Wildman–Crippen LogP) is 5.07. The minimum atomic E-state index is -0.675. The molecule has 2 unspecified atom stereocenters. The fourth-order valence-corrected chi connectivity index (χ4v) is 6.40. The third-order valence-corrected chi connectivity index (χ3v) is 8.82. The summed E-state index contributed by atoms with van der Waals surface area (Å²) in [5.41, 5.74) is 0.176. The normalized spacial score (nSPS) is 30.4. The van der Waals surface area contributed by atoms with E-state index in [-0.39, 0.29) is 39.8 Å². The van der Waals surface area contributed by atoms with E-state index in [4.69, 9.17) is 27.9 Å². The van der Waals surface area contributed by atoms with Crippen LogP contribution >= 0.6 is 23.2 Å². The largest absolute Gasteiger partial charge is 0.484 e. The lowest BCUT2D eigenvalue weighted by atomic mass is 9.59. The molecule has 4 aliphatic rings. The number of hydrogen-bond acceptors (Lipinski definition) is 4. The summed E-state index contributed by atoms with van der Waals surface area (Å²) in [5.74, 6) is -0.899. The summed E-state index contributed by atoms with van der Waals surface area (Å²) < 4.78 is 33.0. The van der Waals surface area contributed by atoms with Crippen molar-refractivity contribution >= 4 is 29.1 Å². The maximum Gasteiger partial charge on any atom is 0.258 e. The topological polar surface area (TPSA) is 61.8 Å². The summed E-state index contributed by atoms with van der Waals surface area (Å²) in [6.07, 6.45) is 3.93. The average molecular weight is 525 g/mol. The maximum absolute atomic E-state index is 14.0. The van der Waals surface area contributed by atoms with E-state index in [9.17, 15) is 18.7 Å². The number of nitrogens with zero attached hydrogens (tertiary/aromatic N) is 1. The Morgan fingerprint density at radius 2 is 1.77 bits per heavy atom. The van der Waals surface area contributed by atoms with Gasteiger partial charge in [0.15, 0.2) is 6.61 Å². The molecule has 188 valence electrons. The third-order valence-electron chi connectivity index (χ3n) is 8.21. The molecule has 35 heavy (non-hydrogen) atoms. The molecule has 5 nitrogen and oxygen atoms in total. The Morgan fingerprint density at radius 3 is 2.43 bits per heavy atom. The highest BCUT2D eigenvalue weighted by atomic mass is 35.5. The zero-order valence-electron chi connectivity index (χ0n) is 19.2. The number of ether oxygens (including phenoxy) is 1. The van der Waals surface area contributed by atoms with Crippen LogP contribution in [0.1, 0.15) is 50.0 Å². The Labute approximate surface area is 213 Å². The Hall–Kier alpha value is -1.93. The molecule has 1 saturated heterocycles. The lowest BCUT2D eigenvalue weighted by Crippen LogP contribution is -2.70. The second-order valence-electron chi connectivity index (χ2n) is 10.1. The first-order valence-electron chi connectivity index (χ1n) is 12.0. The van der Waals surface area contributed by atoms with Crippen molar-refractivity contribution in [2.45, 2.75) is 61.6 Å². The monoisotopic (exact) mass is 524 g/mol. The second kappa shape index (κ2) is 9.51. The maximum atomic E-state index is 14.0. The molecule has 3 aliphatic carbocycles. The van der Waals surface area contributed by atoms with Gasteiger partial charge in [0, 0.05) is 18.2 Å². The number of amides is 1. The molecule has 0 aromatic heterocycles. The zero-order chi connectivity index (χ0) is 24.8. The van der Waals surface area contributed by atoms with E-state index >= 15 is 0 Å². The van der Waals surface area contributed by atoms with Gasteiger partial charge in [-0.15, -0.1) is 0 Å². The number of aliphatic hydroxyl groups excluding tert-OH is 1. The summed E-state index contributed by atoms with van der Waals surface area (Å²) >= 11 is 11.5. The minimum Gasteiger partial charge on any atom is -0.484 e. The summed E-state index contributed by atoms with van der Waals surface area (Å²) in [5, 5.41) is 14.2. The molecule has 1 aliphatic heterocycles. The molecule has 2 N–H and O–H groups in total. The van der Waals surface area contributed by atoms with Crippen LogP contribution in [0.25, 0.3) is 0 Å². The van der Waals surface area contributed by atoms with Crippen molar-refractivity contribution in [2.75, 3.05) is 19.7 Å². The van der Waals surface area contributed by atoms with Crippen molar-refractivity contribution in [1.29, 1.82) is 0 Å². The molecule has 6 rings (SSSR count). The van der Waals surface area contributed by atoms with E-state index in [1.54, 1.807) is 6.07 Å². The fraction of sp³-hybridized carbons (Fsp3) is 0.500. The first kappa shape index (κ1) is 24.8. The number of fused-ring (bicyclic) bond motifs is 3. The Balaban J connectivity index is 1.19. The SMILES string of the molecule is O=C(COc1ccc(Cl)c(F)c1)NC12CCC(N3CCC(c4ccc(Cl)c(F)c4)C3)(CC1)CC2O. The summed E-state index contributed by atoms with van der Waals surface area (Å²) in [6.45, 7) is 1.44. The van der Waals surface area contributed by atoms with Crippen LogP contribution in [0.5, 0.6) is 5.75 Å². The first-order valence-corrected chi connectivity index (χ1v) is 12.7. The van der Waals surface area contributed by atoms with Gasteiger partial charge < -0.3 is 15.2 Å². The van der Waals surface area contributed by atoms with Gasteiger partial charge in [0.05, 0.1) is 21.7 Å². The van der Waals surface area contributed by atoms with E-state index < -0.39 is 23.3 Å². The number of hydrogen-bond donors (Lipinski definition) is 2. The summed E-state index contributed by atoms with van der Waals surface area (Å²) in [6, 6.07) is 9.06. The van der Waals surface area contributed by atoms with E-state index in [0.717, 1.165) is 44.0 Å². The van der Waals surface area contributed by atoms with Crippen molar-refractivity contribution in [3.8, 4) is 5.75 Å². The van der Waals surface area contributed by atoms with Crippen LogP contribution < -0.4 is 10.1 Å². The Bertz CT molecular complexity index is 1120. The highest BCUT2D eigenvalue weighted by Gasteiger charge is 2.57. The lowest BCUT2D eigenvalue weighted by Gasteiger charge is -2.59. The fourth-order valence-electron chi connectivity index (χ4n) is 6.17. The van der Waals surface area contributed by atoms with Crippen LogP contribution in [0.15, 0.2) is 36.4 Å². The molecular weight excluding hydrogens is 497 g/mol. The number of benzene rings is 2. The quantitative estimate of drug-likeness (QED) is 0.553. The van der Waals surface area contributed by atoms with Gasteiger partial charge in [-0.2, -0.15) is 0 Å². The number of nitrogens with one attached hydrogen (secondary N) is 1. The molecule has 2 aromatic carbocycles. The molecule has 2 atom stereocenters. The van der Waals surface area contributed by atoms with Crippen molar-refractivity contribution in [2.24, 2.45) is 0 Å². The standard InChI is InChI=1S/C26H28Cl2F2N2O3/c27-19-3-1-16(11-21(19)29)17-5-10-32(14-17)25-6-8-26(9-7-25,23(33)13-25)31-24(34)15-35-18-2-4-20(28)22(30)12-18/h1-4,11-12,17,23,33H,5-10,13-15H2,(H,31,34). The molecule has 0 spiro atoms. The molecule has 2 bridgehead atoms. The summed E-state index contributed by atoms with van der Waals surface area (Å²) in [7, 11) is 0. The van der Waals surface area contributed by atoms with Crippen LogP contribution in [0.2, 0.25) is 10.0 Å². The lowest BCUT2D eigenvalue weighted by molar-refractivity contribution is -0.137. The van der Waals surface area contributed by atoms with Gasteiger partial charge in [-0.1, -0.05) is 29.3 Å². The number of carbonyl (C=O) groups is 1. The van der Waals surface area contributed by atoms with Crippen LogP contribution in [0.3, 0.4) is 0 Å². The van der Waals surface area contributed by atoms with E-state index in [0.29, 0.717) is 19.3 Å². The van der Waals surface area contributed by atoms with Crippen molar-refractivity contribution in [3.63, 3.8) is 0 Å². The van der Waals surface area contributed by atoms with Gasteiger partial charge in [0.25, 0.3) is 5.91 Å². The van der Waals surface area contributed by atoms with E-state index in [1.807, 2.05) is 6.07 Å². The Morgan fingerprint density at radius 1 is 1.09 bits per heavy atom. The molecule has 4 fully saturated rings. The predicted molar refractivity (Wildman–Crippen MR) is 130 cm³/mol. The average Bonchev–Trinajstić information content (AvgIpc) is 3.34. The van der Waals surface area contributed by atoms with Crippen molar-refractivity contribution in [1.82, 2.24) is 10.2 Å². The smallest absolute Gasteiger partial charge is 0.258 e. The van der Waals surface area contributed by atoms with Crippen LogP contribution in [0, 0.1) is 11.6 Å². The van der Waals surface area contributed by atoms with Gasteiger partial charge in [0.1, 0.15) is 17.4 Å². The van der Waals surface area contributed by atoms with Crippen LogP contribution in [-0.4, -0.2) is 52.8 Å². The number of rotatable bonds is 6. The number of carbonyl (C=O) groups excluding carboxylic acids is 1. The van der Waals surface area contributed by atoms with Crippen molar-refractivity contribution in [3.05, 3.63) is 63.6 Å². The molecule has 9 heteroatoms. The second-order valence-corrected chi connectivity index (χ2v) is 10.9. The number of halogens is 4. The molecule has 0 radical (unpaired) electrons. The van der Waals surface area contributed by atoms with Gasteiger partial charge >= 0.3 is 0 Å². The molecule has 1 heterocycles. The van der Waals surface area contributed by atoms with Crippen molar-refractivity contribution < 1.29 is 23.4 Å². The van der Waals surface area contributed by atoms with Crippen LogP contribution in [0.4, 0.5) is 8.78 Å². The Kier molecular flexibility index (Phi) is 6.72. The molecule has 3 saturated carbocycles. The first-order chi connectivity index (χ1) is 16.7.